The van der Waals surface area contributed by atoms with Crippen LogP contribution in [0.3, 0.4) is 0 Å². The third-order valence-corrected chi connectivity index (χ3v) is 6.11. The average Bonchev–Trinajstić information content (AvgIpc) is 2.62. The van der Waals surface area contributed by atoms with E-state index >= 15 is 0 Å². The van der Waals surface area contributed by atoms with Crippen molar-refractivity contribution in [2.75, 3.05) is 13.2 Å². The van der Waals surface area contributed by atoms with E-state index in [0.717, 1.165) is 0 Å². The Kier molecular flexibility index (Phi) is 7.63. The molecule has 1 saturated carbocycles. The van der Waals surface area contributed by atoms with E-state index < -0.39 is 67.1 Å². The molecule has 2 rings (SSSR count). The van der Waals surface area contributed by atoms with Crippen molar-refractivity contribution in [1.82, 2.24) is 0 Å². The fraction of sp³-hybridized carbons (Fsp3) is 0.895. The Morgan fingerprint density at radius 2 is 1.75 bits per heavy atom. The molecule has 0 aromatic carbocycles. The Morgan fingerprint density at radius 1 is 1.11 bits per heavy atom. The fourth-order valence-electron chi connectivity index (χ4n) is 4.24. The van der Waals surface area contributed by atoms with Crippen LogP contribution >= 0.6 is 0 Å². The quantitative estimate of drug-likeness (QED) is 0.254. The normalized spacial score (nSPS) is 45.3. The highest BCUT2D eigenvalue weighted by Gasteiger charge is 2.50. The number of aliphatic hydroxyl groups excluding tert-OH is 6. The second-order valence-corrected chi connectivity index (χ2v) is 8.62. The smallest absolute Gasteiger partial charge is 0.187 e. The first kappa shape index (κ1) is 23.7. The van der Waals surface area contributed by atoms with Gasteiger partial charge in [-0.05, 0) is 24.2 Å². The summed E-state index contributed by atoms with van der Waals surface area (Å²) >= 11 is 0. The van der Waals surface area contributed by atoms with E-state index in [1.165, 1.54) is 12.2 Å². The van der Waals surface area contributed by atoms with Gasteiger partial charge in [-0.25, -0.2) is 0 Å². The van der Waals surface area contributed by atoms with Crippen LogP contribution in [0.4, 0.5) is 0 Å². The first-order valence-corrected chi connectivity index (χ1v) is 9.63. The molecule has 1 saturated heterocycles. The van der Waals surface area contributed by atoms with Gasteiger partial charge in [0.2, 0.25) is 0 Å². The topological polar surface area (TPSA) is 160 Å². The molecule has 9 nitrogen and oxygen atoms in total. The lowest BCUT2D eigenvalue weighted by Gasteiger charge is -2.50. The van der Waals surface area contributed by atoms with E-state index in [0.29, 0.717) is 12.8 Å². The monoisotopic (exact) mass is 406 g/mol. The van der Waals surface area contributed by atoms with Crippen LogP contribution in [-0.2, 0) is 9.47 Å². The van der Waals surface area contributed by atoms with Crippen molar-refractivity contribution >= 4 is 0 Å². The van der Waals surface area contributed by atoms with Gasteiger partial charge in [-0.2, -0.15) is 0 Å². The van der Waals surface area contributed by atoms with Crippen LogP contribution in [0.15, 0.2) is 12.2 Å². The largest absolute Gasteiger partial charge is 0.394 e. The van der Waals surface area contributed by atoms with Gasteiger partial charge in [0, 0.05) is 0 Å². The Balaban J connectivity index is 2.13. The highest BCUT2D eigenvalue weighted by Crippen LogP contribution is 2.48. The van der Waals surface area contributed by atoms with Crippen LogP contribution in [0, 0.1) is 11.3 Å². The van der Waals surface area contributed by atoms with Crippen LogP contribution in [-0.4, -0.2) is 97.5 Å². The first-order chi connectivity index (χ1) is 13.0. The molecule has 0 spiro atoms. The number of hydrogen-bond donors (Lipinski definition) is 7. The molecule has 0 radical (unpaired) electrons. The van der Waals surface area contributed by atoms with Crippen LogP contribution in [0.5, 0.6) is 0 Å². The maximum absolute atomic E-state index is 11.2. The number of hydrogen-bond acceptors (Lipinski definition) is 9. The van der Waals surface area contributed by atoms with Gasteiger partial charge in [0.1, 0.15) is 30.5 Å². The second-order valence-electron chi connectivity index (χ2n) is 8.62. The maximum Gasteiger partial charge on any atom is 0.187 e. The van der Waals surface area contributed by atoms with Gasteiger partial charge in [0.15, 0.2) is 6.29 Å². The summed E-state index contributed by atoms with van der Waals surface area (Å²) in [5.74, 6) is -0.242. The van der Waals surface area contributed by atoms with E-state index in [4.69, 9.17) is 9.47 Å². The van der Waals surface area contributed by atoms with Crippen molar-refractivity contribution in [2.45, 2.75) is 82.1 Å². The number of aliphatic hydroxyl groups is 7. The number of rotatable bonds is 6. The minimum Gasteiger partial charge on any atom is -0.394 e. The first-order valence-electron chi connectivity index (χ1n) is 9.63. The molecular formula is C19H34O9. The van der Waals surface area contributed by atoms with Crippen LogP contribution in [0.2, 0.25) is 0 Å². The van der Waals surface area contributed by atoms with Gasteiger partial charge < -0.3 is 45.2 Å². The summed E-state index contributed by atoms with van der Waals surface area (Å²) in [6, 6.07) is 0. The molecule has 2 aliphatic rings. The van der Waals surface area contributed by atoms with E-state index in [2.05, 4.69) is 0 Å². The van der Waals surface area contributed by atoms with Crippen molar-refractivity contribution < 1.29 is 45.2 Å². The van der Waals surface area contributed by atoms with Crippen LogP contribution in [0.25, 0.3) is 0 Å². The molecule has 2 fully saturated rings. The maximum atomic E-state index is 11.2. The zero-order valence-corrected chi connectivity index (χ0v) is 16.5. The summed E-state index contributed by atoms with van der Waals surface area (Å²) < 4.78 is 10.8. The Bertz CT molecular complexity index is 537. The Labute approximate surface area is 164 Å². The molecule has 1 aliphatic carbocycles. The van der Waals surface area contributed by atoms with Gasteiger partial charge in [0.25, 0.3) is 0 Å². The van der Waals surface area contributed by atoms with Gasteiger partial charge in [0.05, 0.1) is 24.9 Å². The van der Waals surface area contributed by atoms with Crippen molar-refractivity contribution in [3.05, 3.63) is 12.2 Å². The molecule has 28 heavy (non-hydrogen) atoms. The van der Waals surface area contributed by atoms with Gasteiger partial charge in [-0.1, -0.05) is 32.9 Å². The lowest BCUT2D eigenvalue weighted by Crippen LogP contribution is -2.59. The van der Waals surface area contributed by atoms with Crippen molar-refractivity contribution in [2.24, 2.45) is 11.3 Å². The third kappa shape index (κ3) is 4.58. The summed E-state index contributed by atoms with van der Waals surface area (Å²) in [6.45, 7) is 4.46. The second kappa shape index (κ2) is 9.03. The zero-order chi connectivity index (χ0) is 21.3. The van der Waals surface area contributed by atoms with Crippen LogP contribution in [0.1, 0.15) is 33.6 Å². The summed E-state index contributed by atoms with van der Waals surface area (Å²) in [5.41, 5.74) is -1.87. The Morgan fingerprint density at radius 3 is 2.29 bits per heavy atom. The van der Waals surface area contributed by atoms with E-state index in [-0.39, 0.29) is 5.92 Å². The molecule has 0 aromatic heterocycles. The summed E-state index contributed by atoms with van der Waals surface area (Å²) in [6.07, 6.45) is -4.80. The lowest BCUT2D eigenvalue weighted by atomic mass is 9.60. The molecule has 9 atom stereocenters. The van der Waals surface area contributed by atoms with E-state index in [1.54, 1.807) is 0 Å². The van der Waals surface area contributed by atoms with Crippen molar-refractivity contribution in [3.8, 4) is 0 Å². The zero-order valence-electron chi connectivity index (χ0n) is 16.5. The molecule has 0 unspecified atom stereocenters. The summed E-state index contributed by atoms with van der Waals surface area (Å²) in [5, 5.41) is 69.8. The minimum atomic E-state index is -1.58. The SMILES string of the molecule is C[C@@H]1C[C@H](O)CC(C)(C)[C@]1(O)/C=C/[C@@H](CO)O[C@@H]1O[C@H](CO)[C@@H](O)[C@H](O)[C@H]1O. The van der Waals surface area contributed by atoms with Crippen molar-refractivity contribution in [3.63, 3.8) is 0 Å². The lowest BCUT2D eigenvalue weighted by molar-refractivity contribution is -0.309. The Hall–Kier alpha value is -0.620. The predicted octanol–water partition coefficient (Wildman–Crippen LogP) is -1.73. The molecule has 164 valence electrons. The highest BCUT2D eigenvalue weighted by atomic mass is 16.7. The minimum absolute atomic E-state index is 0.242. The van der Waals surface area contributed by atoms with Crippen molar-refractivity contribution in [1.29, 1.82) is 0 Å². The van der Waals surface area contributed by atoms with E-state index in [1.807, 2.05) is 20.8 Å². The molecule has 0 amide bonds. The van der Waals surface area contributed by atoms with Crippen LogP contribution < -0.4 is 0 Å². The third-order valence-electron chi connectivity index (χ3n) is 6.11. The average molecular weight is 406 g/mol. The molecule has 9 heteroatoms. The summed E-state index contributed by atoms with van der Waals surface area (Å²) in [4.78, 5) is 0. The van der Waals surface area contributed by atoms with Gasteiger partial charge in [-0.15, -0.1) is 0 Å². The van der Waals surface area contributed by atoms with E-state index in [9.17, 15) is 35.7 Å². The number of ether oxygens (including phenoxy) is 2. The fourth-order valence-corrected chi connectivity index (χ4v) is 4.24. The predicted molar refractivity (Wildman–Crippen MR) is 98.0 cm³/mol. The summed E-state index contributed by atoms with van der Waals surface area (Å²) in [7, 11) is 0. The van der Waals surface area contributed by atoms with Gasteiger partial charge in [-0.3, -0.25) is 0 Å². The molecule has 1 aliphatic heterocycles. The standard InChI is InChI=1S/C19H34O9/c1-10-6-11(22)7-18(2,3)19(10,26)5-4-12(8-20)27-17-16(25)15(24)14(23)13(9-21)28-17/h4-5,10-17,20-26H,6-9H2,1-3H3/b5-4+/t10-,11+,12+,13-,14-,15+,16-,17-,19+/m1/s1. The highest BCUT2D eigenvalue weighted by molar-refractivity contribution is 5.15. The molecule has 1 heterocycles. The molecule has 0 aromatic rings. The van der Waals surface area contributed by atoms with Gasteiger partial charge >= 0.3 is 0 Å². The molecule has 7 N–H and O–H groups in total. The molecular weight excluding hydrogens is 372 g/mol. The molecule has 0 bridgehead atoms.